The van der Waals surface area contributed by atoms with Crippen molar-refractivity contribution in [3.05, 3.63) is 23.8 Å². The van der Waals surface area contributed by atoms with E-state index in [1.807, 2.05) is 0 Å². The molecular weight excluding hydrogens is 270 g/mol. The lowest BCUT2D eigenvalue weighted by Crippen LogP contribution is -2.38. The summed E-state index contributed by atoms with van der Waals surface area (Å²) in [7, 11) is 3.08. The molecule has 1 aliphatic rings. The maximum Gasteiger partial charge on any atom is 0.325 e. The fourth-order valence-corrected chi connectivity index (χ4v) is 2.94. The molecule has 21 heavy (non-hydrogen) atoms. The minimum Gasteiger partial charge on any atom is -0.493 e. The van der Waals surface area contributed by atoms with Gasteiger partial charge in [-0.2, -0.15) is 0 Å². The van der Waals surface area contributed by atoms with Crippen molar-refractivity contribution in [2.24, 2.45) is 0 Å². The first-order chi connectivity index (χ1) is 10.2. The topological polar surface area (TPSA) is 67.8 Å². The summed E-state index contributed by atoms with van der Waals surface area (Å²) in [6.45, 7) is 0. The smallest absolute Gasteiger partial charge is 0.325 e. The highest BCUT2D eigenvalue weighted by atomic mass is 16.5. The molecule has 0 aromatic heterocycles. The van der Waals surface area contributed by atoms with Crippen LogP contribution in [0.1, 0.15) is 43.7 Å². The van der Waals surface area contributed by atoms with E-state index >= 15 is 0 Å². The molecule has 1 aliphatic carbocycles. The van der Waals surface area contributed by atoms with Crippen LogP contribution in [0.15, 0.2) is 18.2 Å². The van der Waals surface area contributed by atoms with E-state index in [1.165, 1.54) is 13.5 Å². The van der Waals surface area contributed by atoms with Gasteiger partial charge in [-0.15, -0.1) is 0 Å². The van der Waals surface area contributed by atoms with Gasteiger partial charge in [-0.1, -0.05) is 31.4 Å². The maximum absolute atomic E-state index is 11.7. The minimum atomic E-state index is -0.896. The minimum absolute atomic E-state index is 0.246. The van der Waals surface area contributed by atoms with E-state index in [2.05, 4.69) is 5.32 Å². The van der Waals surface area contributed by atoms with Crippen LogP contribution >= 0.6 is 0 Å². The van der Waals surface area contributed by atoms with Crippen molar-refractivity contribution >= 4 is 5.97 Å². The first-order valence-corrected chi connectivity index (χ1v) is 7.37. The third kappa shape index (κ3) is 3.67. The lowest BCUT2D eigenvalue weighted by Gasteiger charge is -2.27. The van der Waals surface area contributed by atoms with Crippen LogP contribution in [0.4, 0.5) is 0 Å². The first-order valence-electron chi connectivity index (χ1n) is 7.37. The van der Waals surface area contributed by atoms with Crippen molar-refractivity contribution in [2.45, 2.75) is 44.2 Å². The number of carboxylic acids is 1. The number of benzene rings is 1. The van der Waals surface area contributed by atoms with Gasteiger partial charge in [-0.3, -0.25) is 10.1 Å². The fourth-order valence-electron chi connectivity index (χ4n) is 2.94. The highest BCUT2D eigenvalue weighted by Gasteiger charge is 2.28. The Morgan fingerprint density at radius 3 is 2.52 bits per heavy atom. The average Bonchev–Trinajstić information content (AvgIpc) is 2.52. The van der Waals surface area contributed by atoms with Gasteiger partial charge in [0.25, 0.3) is 0 Å². The molecule has 0 amide bonds. The van der Waals surface area contributed by atoms with E-state index in [0.717, 1.165) is 25.7 Å². The Labute approximate surface area is 125 Å². The Kier molecular flexibility index (Phi) is 5.44. The predicted octanol–water partition coefficient (Wildman–Crippen LogP) is 2.75. The van der Waals surface area contributed by atoms with Crippen LogP contribution in [0.25, 0.3) is 0 Å². The normalized spacial score (nSPS) is 17.2. The van der Waals surface area contributed by atoms with Crippen LogP contribution in [0, 0.1) is 0 Å². The van der Waals surface area contributed by atoms with Crippen LogP contribution in [0.2, 0.25) is 0 Å². The monoisotopic (exact) mass is 293 g/mol. The van der Waals surface area contributed by atoms with Gasteiger partial charge in [0.05, 0.1) is 14.2 Å². The van der Waals surface area contributed by atoms with Gasteiger partial charge in [0.15, 0.2) is 11.5 Å². The molecule has 0 saturated heterocycles. The molecule has 5 nitrogen and oxygen atoms in total. The molecule has 1 unspecified atom stereocenters. The Morgan fingerprint density at radius 2 is 1.95 bits per heavy atom. The van der Waals surface area contributed by atoms with Crippen LogP contribution in [0.5, 0.6) is 11.5 Å². The highest BCUT2D eigenvalue weighted by Crippen LogP contribution is 2.35. The summed E-state index contributed by atoms with van der Waals surface area (Å²) in [5, 5.41) is 12.8. The first kappa shape index (κ1) is 15.6. The summed E-state index contributed by atoms with van der Waals surface area (Å²) in [5.74, 6) is 0.134. The zero-order chi connectivity index (χ0) is 15.2. The number of hydrogen-bond acceptors (Lipinski definition) is 4. The Balaban J connectivity index is 2.27. The van der Waals surface area contributed by atoms with Crippen LogP contribution in [-0.4, -0.2) is 31.3 Å². The van der Waals surface area contributed by atoms with Crippen molar-refractivity contribution in [2.75, 3.05) is 14.2 Å². The summed E-state index contributed by atoms with van der Waals surface area (Å²) in [6.07, 6.45) is 5.59. The molecule has 1 aromatic rings. The number of aliphatic carboxylic acids is 1. The Bertz CT molecular complexity index is 483. The quantitative estimate of drug-likeness (QED) is 0.844. The molecule has 5 heteroatoms. The van der Waals surface area contributed by atoms with E-state index in [9.17, 15) is 9.90 Å². The standard InChI is InChI=1S/C16H23NO4/c1-20-13-10-6-9-12(15(13)21-2)14(16(18)19)17-11-7-4-3-5-8-11/h6,9-11,14,17H,3-5,7-8H2,1-2H3,(H,18,19). The number of rotatable bonds is 6. The van der Waals surface area contributed by atoms with E-state index in [1.54, 1.807) is 25.3 Å². The van der Waals surface area contributed by atoms with Gasteiger partial charge in [0, 0.05) is 11.6 Å². The Hall–Kier alpha value is -1.75. The molecule has 0 bridgehead atoms. The number of carboxylic acid groups (broad SMARTS) is 1. The molecule has 1 fully saturated rings. The third-order valence-corrected chi connectivity index (χ3v) is 4.00. The van der Waals surface area contributed by atoms with Gasteiger partial charge in [-0.25, -0.2) is 0 Å². The number of hydrogen-bond donors (Lipinski definition) is 2. The number of methoxy groups -OCH3 is 2. The zero-order valence-corrected chi connectivity index (χ0v) is 12.6. The molecule has 1 atom stereocenters. The summed E-state index contributed by atoms with van der Waals surface area (Å²) >= 11 is 0. The number of carbonyl (C=O) groups is 1. The second kappa shape index (κ2) is 7.31. The van der Waals surface area contributed by atoms with Gasteiger partial charge < -0.3 is 14.6 Å². The molecular formula is C16H23NO4. The van der Waals surface area contributed by atoms with E-state index in [4.69, 9.17) is 9.47 Å². The number of nitrogens with one attached hydrogen (secondary N) is 1. The van der Waals surface area contributed by atoms with Crippen molar-refractivity contribution in [1.82, 2.24) is 5.32 Å². The van der Waals surface area contributed by atoms with Crippen LogP contribution in [-0.2, 0) is 4.79 Å². The van der Waals surface area contributed by atoms with Gasteiger partial charge in [0.1, 0.15) is 6.04 Å². The molecule has 2 N–H and O–H groups in total. The zero-order valence-electron chi connectivity index (χ0n) is 12.6. The van der Waals surface area contributed by atoms with Gasteiger partial charge in [0.2, 0.25) is 0 Å². The second-order valence-electron chi connectivity index (χ2n) is 5.36. The third-order valence-electron chi connectivity index (χ3n) is 4.00. The predicted molar refractivity (Wildman–Crippen MR) is 79.9 cm³/mol. The molecule has 0 radical (unpaired) electrons. The van der Waals surface area contributed by atoms with Crippen molar-refractivity contribution in [3.8, 4) is 11.5 Å². The second-order valence-corrected chi connectivity index (χ2v) is 5.36. The van der Waals surface area contributed by atoms with E-state index in [0.29, 0.717) is 17.1 Å². The van der Waals surface area contributed by atoms with Gasteiger partial charge >= 0.3 is 5.97 Å². The van der Waals surface area contributed by atoms with Crippen molar-refractivity contribution in [3.63, 3.8) is 0 Å². The SMILES string of the molecule is COc1cccc(C(NC2CCCCC2)C(=O)O)c1OC. The number of para-hydroxylation sites is 1. The van der Waals surface area contributed by atoms with Gasteiger partial charge in [-0.05, 0) is 18.9 Å². The molecule has 1 saturated carbocycles. The Morgan fingerprint density at radius 1 is 1.24 bits per heavy atom. The van der Waals surface area contributed by atoms with E-state index in [-0.39, 0.29) is 6.04 Å². The van der Waals surface area contributed by atoms with Crippen LogP contribution in [0.3, 0.4) is 0 Å². The van der Waals surface area contributed by atoms with Crippen LogP contribution < -0.4 is 14.8 Å². The fraction of sp³-hybridized carbons (Fsp3) is 0.562. The molecule has 0 aliphatic heterocycles. The molecule has 2 rings (SSSR count). The van der Waals surface area contributed by atoms with Crippen molar-refractivity contribution < 1.29 is 19.4 Å². The summed E-state index contributed by atoms with van der Waals surface area (Å²) < 4.78 is 10.6. The molecule has 0 spiro atoms. The average molecular weight is 293 g/mol. The maximum atomic E-state index is 11.7. The lowest BCUT2D eigenvalue weighted by atomic mass is 9.93. The summed E-state index contributed by atoms with van der Waals surface area (Å²) in [4.78, 5) is 11.7. The molecule has 116 valence electrons. The van der Waals surface area contributed by atoms with Crippen molar-refractivity contribution in [1.29, 1.82) is 0 Å². The molecule has 0 heterocycles. The lowest BCUT2D eigenvalue weighted by molar-refractivity contribution is -0.140. The number of ether oxygens (including phenoxy) is 2. The summed E-state index contributed by atoms with van der Waals surface area (Å²) in [5.41, 5.74) is 0.606. The summed E-state index contributed by atoms with van der Waals surface area (Å²) in [6, 6.07) is 4.79. The molecule has 1 aromatic carbocycles. The largest absolute Gasteiger partial charge is 0.493 e. The van der Waals surface area contributed by atoms with E-state index < -0.39 is 12.0 Å². The highest BCUT2D eigenvalue weighted by molar-refractivity contribution is 5.77.